The fourth-order valence-corrected chi connectivity index (χ4v) is 5.19. The Morgan fingerprint density at radius 1 is 1.11 bits per heavy atom. The third-order valence-corrected chi connectivity index (χ3v) is 7.38. The first-order chi connectivity index (χ1) is 17.2. The number of anilines is 1. The molecule has 0 saturated carbocycles. The maximum atomic E-state index is 13.3. The SMILES string of the molecule is CCC(C(=O)NC)N(Cc1ccc(Cl)cc1Cl)C(=O)CCCN(c1cccc(C(F)(F)F)c1)S(C)(=O)=O. The molecule has 204 valence electrons. The molecule has 0 aromatic heterocycles. The molecule has 2 amide bonds. The minimum absolute atomic E-state index is 0.00280. The van der Waals surface area contributed by atoms with Gasteiger partial charge in [0.2, 0.25) is 21.8 Å². The predicted molar refractivity (Wildman–Crippen MR) is 138 cm³/mol. The van der Waals surface area contributed by atoms with Gasteiger partial charge in [0.25, 0.3) is 0 Å². The van der Waals surface area contributed by atoms with Gasteiger partial charge in [-0.3, -0.25) is 13.9 Å². The van der Waals surface area contributed by atoms with Crippen molar-refractivity contribution >= 4 is 50.7 Å². The number of amides is 2. The van der Waals surface area contributed by atoms with Crippen molar-refractivity contribution in [1.82, 2.24) is 10.2 Å². The molecule has 0 aliphatic heterocycles. The van der Waals surface area contributed by atoms with Crippen molar-refractivity contribution < 1.29 is 31.2 Å². The lowest BCUT2D eigenvalue weighted by atomic mass is 10.1. The molecule has 13 heteroatoms. The Morgan fingerprint density at radius 3 is 2.32 bits per heavy atom. The molecule has 0 radical (unpaired) electrons. The van der Waals surface area contributed by atoms with Crippen LogP contribution < -0.4 is 9.62 Å². The van der Waals surface area contributed by atoms with E-state index in [-0.39, 0.29) is 37.5 Å². The minimum Gasteiger partial charge on any atom is -0.357 e. The Kier molecular flexibility index (Phi) is 10.7. The van der Waals surface area contributed by atoms with Crippen molar-refractivity contribution in [1.29, 1.82) is 0 Å². The second kappa shape index (κ2) is 12.8. The minimum atomic E-state index is -4.65. The van der Waals surface area contributed by atoms with Gasteiger partial charge in [-0.25, -0.2) is 8.42 Å². The van der Waals surface area contributed by atoms with Crippen molar-refractivity contribution in [2.75, 3.05) is 24.2 Å². The highest BCUT2D eigenvalue weighted by Gasteiger charge is 2.32. The van der Waals surface area contributed by atoms with E-state index in [4.69, 9.17) is 23.2 Å². The van der Waals surface area contributed by atoms with E-state index < -0.39 is 33.7 Å². The standard InChI is InChI=1S/C24H28Cl2F3N3O4S/c1-4-21(23(34)30-2)31(15-16-10-11-18(25)14-20(16)26)22(33)9-6-12-32(37(3,35)36)19-8-5-7-17(13-19)24(27,28)29/h5,7-8,10-11,13-14,21H,4,6,9,12,15H2,1-3H3,(H,30,34). The smallest absolute Gasteiger partial charge is 0.357 e. The predicted octanol–water partition coefficient (Wildman–Crippen LogP) is 5.11. The molecular formula is C24H28Cl2F3N3O4S. The van der Waals surface area contributed by atoms with Gasteiger partial charge in [0.1, 0.15) is 6.04 Å². The van der Waals surface area contributed by atoms with Crippen LogP contribution in [0.1, 0.15) is 37.3 Å². The summed E-state index contributed by atoms with van der Waals surface area (Å²) >= 11 is 12.2. The van der Waals surface area contributed by atoms with Crippen LogP contribution in [0.2, 0.25) is 10.0 Å². The zero-order chi connectivity index (χ0) is 28.0. The Bertz CT molecular complexity index is 1230. The molecule has 2 rings (SSSR count). The molecule has 0 aliphatic carbocycles. The van der Waals surface area contributed by atoms with Crippen molar-refractivity contribution in [3.05, 3.63) is 63.6 Å². The van der Waals surface area contributed by atoms with E-state index in [0.29, 0.717) is 22.0 Å². The lowest BCUT2D eigenvalue weighted by Gasteiger charge is -2.31. The fraction of sp³-hybridized carbons (Fsp3) is 0.417. The topological polar surface area (TPSA) is 86.8 Å². The van der Waals surface area contributed by atoms with Crippen molar-refractivity contribution in [3.63, 3.8) is 0 Å². The summed E-state index contributed by atoms with van der Waals surface area (Å²) in [6, 6.07) is 7.90. The van der Waals surface area contributed by atoms with Crippen LogP contribution in [0.3, 0.4) is 0 Å². The molecule has 37 heavy (non-hydrogen) atoms. The molecule has 7 nitrogen and oxygen atoms in total. The first kappa shape index (κ1) is 30.7. The van der Waals surface area contributed by atoms with Gasteiger partial charge in [0.15, 0.2) is 0 Å². The van der Waals surface area contributed by atoms with Gasteiger partial charge >= 0.3 is 6.18 Å². The van der Waals surface area contributed by atoms with Crippen LogP contribution >= 0.6 is 23.2 Å². The number of benzene rings is 2. The summed E-state index contributed by atoms with van der Waals surface area (Å²) in [5.74, 6) is -0.832. The number of hydrogen-bond acceptors (Lipinski definition) is 4. The van der Waals surface area contributed by atoms with Crippen LogP contribution in [-0.4, -0.2) is 51.0 Å². The van der Waals surface area contributed by atoms with Crippen LogP contribution in [-0.2, 0) is 32.3 Å². The molecule has 1 unspecified atom stereocenters. The second-order valence-electron chi connectivity index (χ2n) is 8.28. The molecule has 0 fully saturated rings. The first-order valence-electron chi connectivity index (χ1n) is 11.3. The van der Waals surface area contributed by atoms with E-state index in [1.807, 2.05) is 0 Å². The number of rotatable bonds is 11. The average molecular weight is 582 g/mol. The van der Waals surface area contributed by atoms with E-state index in [2.05, 4.69) is 5.32 Å². The molecule has 1 N–H and O–H groups in total. The van der Waals surface area contributed by atoms with Gasteiger partial charge in [0, 0.05) is 36.6 Å². The normalized spacial score (nSPS) is 12.6. The summed E-state index contributed by atoms with van der Waals surface area (Å²) in [4.78, 5) is 27.1. The molecule has 0 saturated heterocycles. The number of nitrogens with one attached hydrogen (secondary N) is 1. The van der Waals surface area contributed by atoms with Crippen LogP contribution in [0, 0.1) is 0 Å². The fourth-order valence-electron chi connectivity index (χ4n) is 3.76. The Morgan fingerprint density at radius 2 is 1.78 bits per heavy atom. The molecule has 0 bridgehead atoms. The van der Waals surface area contributed by atoms with E-state index in [1.165, 1.54) is 24.1 Å². The van der Waals surface area contributed by atoms with Crippen LogP contribution in [0.5, 0.6) is 0 Å². The first-order valence-corrected chi connectivity index (χ1v) is 13.9. The quantitative estimate of drug-likeness (QED) is 0.399. The highest BCUT2D eigenvalue weighted by molar-refractivity contribution is 7.92. The van der Waals surface area contributed by atoms with Crippen molar-refractivity contribution in [3.8, 4) is 0 Å². The summed E-state index contributed by atoms with van der Waals surface area (Å²) in [6.07, 6.45) is -3.63. The highest BCUT2D eigenvalue weighted by Crippen LogP contribution is 2.32. The summed E-state index contributed by atoms with van der Waals surface area (Å²) in [5, 5.41) is 3.24. The third kappa shape index (κ3) is 8.51. The average Bonchev–Trinajstić information content (AvgIpc) is 2.81. The largest absolute Gasteiger partial charge is 0.416 e. The molecule has 0 spiro atoms. The maximum Gasteiger partial charge on any atom is 0.416 e. The Labute approximate surface area is 224 Å². The summed E-state index contributed by atoms with van der Waals surface area (Å²) < 4.78 is 65.0. The van der Waals surface area contributed by atoms with E-state index in [0.717, 1.165) is 28.8 Å². The molecular weight excluding hydrogens is 554 g/mol. The number of likely N-dealkylation sites (N-methyl/N-ethyl adjacent to an activating group) is 1. The number of sulfonamides is 1. The summed E-state index contributed by atoms with van der Waals surface area (Å²) in [5.41, 5.74) is -0.591. The van der Waals surface area contributed by atoms with E-state index >= 15 is 0 Å². The van der Waals surface area contributed by atoms with Gasteiger partial charge in [-0.05, 0) is 48.7 Å². The molecule has 2 aromatic rings. The highest BCUT2D eigenvalue weighted by atomic mass is 35.5. The zero-order valence-electron chi connectivity index (χ0n) is 20.5. The Hall–Kier alpha value is -2.50. The summed E-state index contributed by atoms with van der Waals surface area (Å²) in [6.45, 7) is 1.51. The Balaban J connectivity index is 2.26. The second-order valence-corrected chi connectivity index (χ2v) is 11.0. The molecule has 1 atom stereocenters. The lowest BCUT2D eigenvalue weighted by Crippen LogP contribution is -2.48. The maximum absolute atomic E-state index is 13.3. The number of halogens is 5. The molecule has 0 heterocycles. The summed E-state index contributed by atoms with van der Waals surface area (Å²) in [7, 11) is -2.50. The lowest BCUT2D eigenvalue weighted by molar-refractivity contribution is -0.141. The van der Waals surface area contributed by atoms with E-state index in [1.54, 1.807) is 19.1 Å². The van der Waals surface area contributed by atoms with Gasteiger partial charge in [-0.15, -0.1) is 0 Å². The number of hydrogen-bond donors (Lipinski definition) is 1. The number of nitrogens with zero attached hydrogens (tertiary/aromatic N) is 2. The van der Waals surface area contributed by atoms with Gasteiger partial charge in [-0.1, -0.05) is 42.3 Å². The van der Waals surface area contributed by atoms with Crippen molar-refractivity contribution in [2.45, 2.75) is 44.9 Å². The van der Waals surface area contributed by atoms with Crippen LogP contribution in [0.25, 0.3) is 0 Å². The third-order valence-electron chi connectivity index (χ3n) is 5.60. The van der Waals surface area contributed by atoms with Gasteiger partial charge in [-0.2, -0.15) is 13.2 Å². The number of carbonyl (C=O) groups is 2. The van der Waals surface area contributed by atoms with Crippen LogP contribution in [0.15, 0.2) is 42.5 Å². The van der Waals surface area contributed by atoms with Gasteiger partial charge < -0.3 is 10.2 Å². The molecule has 0 aliphatic rings. The number of alkyl halides is 3. The monoisotopic (exact) mass is 581 g/mol. The molecule has 2 aromatic carbocycles. The van der Waals surface area contributed by atoms with Crippen molar-refractivity contribution in [2.24, 2.45) is 0 Å². The zero-order valence-corrected chi connectivity index (χ0v) is 22.8. The van der Waals surface area contributed by atoms with E-state index in [9.17, 15) is 31.2 Å². The van der Waals surface area contributed by atoms with Gasteiger partial charge in [0.05, 0.1) is 17.5 Å². The van der Waals surface area contributed by atoms with Crippen LogP contribution in [0.4, 0.5) is 18.9 Å². The number of carbonyl (C=O) groups excluding carboxylic acids is 2.